The van der Waals surface area contributed by atoms with E-state index < -0.39 is 11.5 Å². The maximum atomic E-state index is 11.6. The van der Waals surface area contributed by atoms with Gasteiger partial charge in [0.1, 0.15) is 5.54 Å². The summed E-state index contributed by atoms with van der Waals surface area (Å²) >= 11 is 0. The maximum absolute atomic E-state index is 11.6. The van der Waals surface area contributed by atoms with Crippen molar-refractivity contribution < 1.29 is 9.90 Å². The Hall–Kier alpha value is -1.55. The van der Waals surface area contributed by atoms with Gasteiger partial charge in [-0.05, 0) is 49.9 Å². The zero-order chi connectivity index (χ0) is 14.0. The summed E-state index contributed by atoms with van der Waals surface area (Å²) in [4.78, 5) is 13.6. The molecule has 1 unspecified atom stereocenters. The molecule has 0 heterocycles. The van der Waals surface area contributed by atoms with Gasteiger partial charge >= 0.3 is 5.97 Å². The lowest BCUT2D eigenvalue weighted by molar-refractivity contribution is -0.144. The van der Waals surface area contributed by atoms with Gasteiger partial charge in [-0.2, -0.15) is 0 Å². The van der Waals surface area contributed by atoms with Crippen LogP contribution < -0.4 is 10.2 Å². The second-order valence-electron chi connectivity index (χ2n) is 5.70. The van der Waals surface area contributed by atoms with Gasteiger partial charge in [0.25, 0.3) is 0 Å². The first-order valence-corrected chi connectivity index (χ1v) is 6.70. The third-order valence-corrected chi connectivity index (χ3v) is 3.83. The third kappa shape index (κ3) is 3.07. The molecule has 0 saturated heterocycles. The van der Waals surface area contributed by atoms with Crippen molar-refractivity contribution in [2.24, 2.45) is 5.92 Å². The molecule has 1 aliphatic carbocycles. The van der Waals surface area contributed by atoms with Gasteiger partial charge in [-0.25, -0.2) is 4.79 Å². The molecular weight excluding hydrogens is 240 g/mol. The van der Waals surface area contributed by atoms with Gasteiger partial charge in [0.2, 0.25) is 0 Å². The lowest BCUT2D eigenvalue weighted by Crippen LogP contribution is -2.47. The smallest absolute Gasteiger partial charge is 0.328 e. The molecule has 0 spiro atoms. The molecule has 0 amide bonds. The Kier molecular flexibility index (Phi) is 3.80. The summed E-state index contributed by atoms with van der Waals surface area (Å²) in [5.41, 5.74) is 0.859. The molecule has 0 bridgehead atoms. The molecule has 2 rings (SSSR count). The van der Waals surface area contributed by atoms with Crippen LogP contribution >= 0.6 is 0 Å². The average molecular weight is 262 g/mol. The first-order chi connectivity index (χ1) is 8.93. The largest absolute Gasteiger partial charge is 0.480 e. The van der Waals surface area contributed by atoms with Crippen molar-refractivity contribution in [3.8, 4) is 0 Å². The number of anilines is 1. The molecule has 0 aromatic heterocycles. The van der Waals surface area contributed by atoms with Crippen molar-refractivity contribution in [2.45, 2.75) is 25.3 Å². The van der Waals surface area contributed by atoms with Crippen LogP contribution in [-0.2, 0) is 10.3 Å². The van der Waals surface area contributed by atoms with E-state index in [0.29, 0.717) is 5.92 Å². The summed E-state index contributed by atoms with van der Waals surface area (Å²) < 4.78 is 0. The fourth-order valence-corrected chi connectivity index (χ4v) is 2.06. The Labute approximate surface area is 114 Å². The van der Waals surface area contributed by atoms with E-state index in [1.807, 2.05) is 43.3 Å². The Bertz CT molecular complexity index is 452. The number of carboxylic acid groups (broad SMARTS) is 1. The highest BCUT2D eigenvalue weighted by molar-refractivity contribution is 5.80. The summed E-state index contributed by atoms with van der Waals surface area (Å²) in [6.07, 6.45) is 2.42. The molecule has 1 aromatic carbocycles. The number of nitrogens with one attached hydrogen (secondary N) is 1. The zero-order valence-electron chi connectivity index (χ0n) is 11.8. The number of hydrogen-bond acceptors (Lipinski definition) is 3. The van der Waals surface area contributed by atoms with Gasteiger partial charge in [0.15, 0.2) is 0 Å². The Morgan fingerprint density at radius 1 is 1.37 bits per heavy atom. The van der Waals surface area contributed by atoms with E-state index in [9.17, 15) is 9.90 Å². The lowest BCUT2D eigenvalue weighted by Gasteiger charge is -2.27. The minimum absolute atomic E-state index is 0.653. The van der Waals surface area contributed by atoms with Crippen LogP contribution in [0.15, 0.2) is 24.3 Å². The normalized spacial score (nSPS) is 17.8. The monoisotopic (exact) mass is 262 g/mol. The first kappa shape index (κ1) is 13.9. The summed E-state index contributed by atoms with van der Waals surface area (Å²) in [6, 6.07) is 7.69. The predicted octanol–water partition coefficient (Wildman–Crippen LogP) is 2.05. The Balaban J connectivity index is 2.19. The number of carboxylic acids is 1. The fraction of sp³-hybridized carbons (Fsp3) is 0.533. The van der Waals surface area contributed by atoms with Crippen molar-refractivity contribution in [1.29, 1.82) is 0 Å². The van der Waals surface area contributed by atoms with Gasteiger partial charge in [0, 0.05) is 19.8 Å². The van der Waals surface area contributed by atoms with Gasteiger partial charge in [0.05, 0.1) is 0 Å². The standard InChI is InChI=1S/C15H22N2O2/c1-15(14(18)19,16-10-11-4-5-11)12-6-8-13(9-7-12)17(2)3/h6-9,11,16H,4-5,10H2,1-3H3,(H,18,19). The van der Waals surface area contributed by atoms with E-state index >= 15 is 0 Å². The summed E-state index contributed by atoms with van der Waals surface area (Å²) in [6.45, 7) is 2.51. The number of nitrogens with zero attached hydrogens (tertiary/aromatic N) is 1. The minimum Gasteiger partial charge on any atom is -0.480 e. The zero-order valence-corrected chi connectivity index (χ0v) is 11.8. The van der Waals surface area contributed by atoms with Crippen LogP contribution in [0.25, 0.3) is 0 Å². The van der Waals surface area contributed by atoms with Crippen LogP contribution in [0.2, 0.25) is 0 Å². The van der Waals surface area contributed by atoms with Gasteiger partial charge in [-0.1, -0.05) is 12.1 Å². The number of aliphatic carboxylic acids is 1. The van der Waals surface area contributed by atoms with E-state index in [2.05, 4.69) is 5.32 Å². The molecule has 1 aromatic rings. The van der Waals surface area contributed by atoms with Crippen molar-refractivity contribution in [2.75, 3.05) is 25.5 Å². The average Bonchev–Trinajstić information content (AvgIpc) is 3.20. The molecule has 4 nitrogen and oxygen atoms in total. The second-order valence-corrected chi connectivity index (χ2v) is 5.70. The van der Waals surface area contributed by atoms with Crippen LogP contribution in [0.1, 0.15) is 25.3 Å². The van der Waals surface area contributed by atoms with E-state index in [0.717, 1.165) is 17.8 Å². The molecule has 19 heavy (non-hydrogen) atoms. The lowest BCUT2D eigenvalue weighted by atomic mass is 9.91. The molecule has 1 saturated carbocycles. The molecular formula is C15H22N2O2. The number of hydrogen-bond donors (Lipinski definition) is 2. The van der Waals surface area contributed by atoms with Crippen LogP contribution in [0, 0.1) is 5.92 Å². The van der Waals surface area contributed by atoms with E-state index in [1.165, 1.54) is 12.8 Å². The molecule has 104 valence electrons. The van der Waals surface area contributed by atoms with Crippen molar-refractivity contribution in [3.63, 3.8) is 0 Å². The summed E-state index contributed by atoms with van der Waals surface area (Å²) in [7, 11) is 3.94. The van der Waals surface area contributed by atoms with Gasteiger partial charge in [-0.3, -0.25) is 5.32 Å². The minimum atomic E-state index is -1.01. The SMILES string of the molecule is CN(C)c1ccc(C(C)(NCC2CC2)C(=O)O)cc1. The van der Waals surface area contributed by atoms with Gasteiger partial charge in [-0.15, -0.1) is 0 Å². The maximum Gasteiger partial charge on any atom is 0.328 e. The van der Waals surface area contributed by atoms with E-state index in [4.69, 9.17) is 0 Å². The molecule has 2 N–H and O–H groups in total. The predicted molar refractivity (Wildman–Crippen MR) is 76.5 cm³/mol. The van der Waals surface area contributed by atoms with Crippen molar-refractivity contribution in [1.82, 2.24) is 5.32 Å². The van der Waals surface area contributed by atoms with Gasteiger partial charge < -0.3 is 10.0 Å². The number of carbonyl (C=O) groups is 1. The molecule has 4 heteroatoms. The molecule has 1 fully saturated rings. The molecule has 1 aliphatic rings. The summed E-state index contributed by atoms with van der Waals surface area (Å²) in [5.74, 6) is -0.175. The highest BCUT2D eigenvalue weighted by Crippen LogP contribution is 2.30. The van der Waals surface area contributed by atoms with Crippen molar-refractivity contribution in [3.05, 3.63) is 29.8 Å². The Morgan fingerprint density at radius 3 is 2.37 bits per heavy atom. The highest BCUT2D eigenvalue weighted by atomic mass is 16.4. The first-order valence-electron chi connectivity index (χ1n) is 6.70. The Morgan fingerprint density at radius 2 is 1.95 bits per heavy atom. The highest BCUT2D eigenvalue weighted by Gasteiger charge is 2.36. The van der Waals surface area contributed by atoms with E-state index in [-0.39, 0.29) is 0 Å². The van der Waals surface area contributed by atoms with Crippen LogP contribution in [0.5, 0.6) is 0 Å². The van der Waals surface area contributed by atoms with Crippen LogP contribution in [-0.4, -0.2) is 31.7 Å². The number of benzene rings is 1. The van der Waals surface area contributed by atoms with Crippen LogP contribution in [0.3, 0.4) is 0 Å². The summed E-state index contributed by atoms with van der Waals surface area (Å²) in [5, 5.41) is 12.7. The molecule has 0 aliphatic heterocycles. The quantitative estimate of drug-likeness (QED) is 0.824. The van der Waals surface area contributed by atoms with Crippen LogP contribution in [0.4, 0.5) is 5.69 Å². The topological polar surface area (TPSA) is 52.6 Å². The number of rotatable bonds is 6. The fourth-order valence-electron chi connectivity index (χ4n) is 2.06. The van der Waals surface area contributed by atoms with Crippen molar-refractivity contribution >= 4 is 11.7 Å². The third-order valence-electron chi connectivity index (χ3n) is 3.83. The molecule has 1 atom stereocenters. The van der Waals surface area contributed by atoms with E-state index in [1.54, 1.807) is 6.92 Å². The second kappa shape index (κ2) is 5.21. The molecule has 0 radical (unpaired) electrons.